The van der Waals surface area contributed by atoms with Crippen molar-refractivity contribution in [3.8, 4) is 0 Å². The van der Waals surface area contributed by atoms with Crippen molar-refractivity contribution in [1.82, 2.24) is 0 Å². The molecule has 0 radical (unpaired) electrons. The van der Waals surface area contributed by atoms with E-state index in [1.165, 1.54) is 44.0 Å². The van der Waals surface area contributed by atoms with Crippen LogP contribution < -0.4 is 0 Å². The smallest absolute Gasteiger partial charge is 0.135 e. The molecule has 1 heteroatoms. The molecule has 0 bridgehead atoms. The summed E-state index contributed by atoms with van der Waals surface area (Å²) in [6, 6.07) is 15.7. The van der Waals surface area contributed by atoms with Gasteiger partial charge in [0, 0.05) is 10.9 Å². The van der Waals surface area contributed by atoms with Crippen LogP contribution in [0.15, 0.2) is 65.1 Å². The van der Waals surface area contributed by atoms with Gasteiger partial charge in [-0.15, -0.1) is 0 Å². The minimum Gasteiger partial charge on any atom is -0.456 e. The SMILES string of the molecule is C1=Cc2oc3ccc(C4=Cc5c(c6c(c7ccccc57)C=CCC6)CC4)cc3c2C=CC1. The lowest BCUT2D eigenvalue weighted by molar-refractivity contribution is 0.603. The van der Waals surface area contributed by atoms with Crippen LogP contribution in [0.5, 0.6) is 0 Å². The monoisotopic (exact) mass is 412 g/mol. The van der Waals surface area contributed by atoms with E-state index in [0.29, 0.717) is 0 Å². The van der Waals surface area contributed by atoms with E-state index in [1.807, 2.05) is 0 Å². The molecule has 154 valence electrons. The third-order valence-corrected chi connectivity index (χ3v) is 7.28. The summed E-state index contributed by atoms with van der Waals surface area (Å²) < 4.78 is 6.12. The lowest BCUT2D eigenvalue weighted by Gasteiger charge is -2.26. The van der Waals surface area contributed by atoms with Crippen molar-refractivity contribution >= 4 is 51.6 Å². The molecule has 1 heterocycles. The van der Waals surface area contributed by atoms with Crippen LogP contribution in [0.4, 0.5) is 0 Å². The minimum atomic E-state index is 0.958. The summed E-state index contributed by atoms with van der Waals surface area (Å²) in [4.78, 5) is 0. The number of hydrogen-bond acceptors (Lipinski definition) is 1. The van der Waals surface area contributed by atoms with Crippen LogP contribution in [-0.2, 0) is 12.8 Å². The molecule has 0 N–H and O–H groups in total. The van der Waals surface area contributed by atoms with Gasteiger partial charge in [0.1, 0.15) is 11.3 Å². The average molecular weight is 413 g/mol. The molecule has 0 amide bonds. The van der Waals surface area contributed by atoms with Crippen LogP contribution in [0.1, 0.15) is 58.4 Å². The second-order valence-corrected chi connectivity index (χ2v) is 9.07. The summed E-state index contributed by atoms with van der Waals surface area (Å²) in [6.45, 7) is 0. The van der Waals surface area contributed by atoms with Crippen molar-refractivity contribution in [2.24, 2.45) is 0 Å². The van der Waals surface area contributed by atoms with E-state index in [-0.39, 0.29) is 0 Å². The first kappa shape index (κ1) is 18.0. The zero-order valence-electron chi connectivity index (χ0n) is 18.0. The minimum absolute atomic E-state index is 0.958. The average Bonchev–Trinajstić information content (AvgIpc) is 3.03. The summed E-state index contributed by atoms with van der Waals surface area (Å²) in [5.74, 6) is 0.972. The zero-order chi connectivity index (χ0) is 21.1. The first-order valence-electron chi connectivity index (χ1n) is 11.7. The molecule has 7 rings (SSSR count). The number of hydrogen-bond donors (Lipinski definition) is 0. The van der Waals surface area contributed by atoms with Gasteiger partial charge in [-0.2, -0.15) is 0 Å². The molecular formula is C31H24O. The van der Waals surface area contributed by atoms with Gasteiger partial charge in [0.15, 0.2) is 0 Å². The van der Waals surface area contributed by atoms with E-state index < -0.39 is 0 Å². The quantitative estimate of drug-likeness (QED) is 0.306. The van der Waals surface area contributed by atoms with Crippen LogP contribution in [0.25, 0.3) is 51.6 Å². The topological polar surface area (TPSA) is 13.1 Å². The number of benzene rings is 3. The highest BCUT2D eigenvalue weighted by Crippen LogP contribution is 2.42. The van der Waals surface area contributed by atoms with Gasteiger partial charge in [0.2, 0.25) is 0 Å². The fourth-order valence-electron chi connectivity index (χ4n) is 5.76. The molecule has 0 aliphatic heterocycles. The van der Waals surface area contributed by atoms with Crippen LogP contribution in [0, 0.1) is 0 Å². The fourth-order valence-corrected chi connectivity index (χ4v) is 5.76. The Morgan fingerprint density at radius 1 is 0.656 bits per heavy atom. The summed E-state index contributed by atoms with van der Waals surface area (Å²) in [6.07, 6.45) is 21.3. The largest absolute Gasteiger partial charge is 0.456 e. The maximum atomic E-state index is 6.12. The number of rotatable bonds is 1. The van der Waals surface area contributed by atoms with E-state index in [1.54, 1.807) is 11.1 Å². The van der Waals surface area contributed by atoms with E-state index in [9.17, 15) is 0 Å². The van der Waals surface area contributed by atoms with Gasteiger partial charge in [-0.25, -0.2) is 0 Å². The van der Waals surface area contributed by atoms with Crippen molar-refractivity contribution < 1.29 is 4.42 Å². The van der Waals surface area contributed by atoms with Crippen molar-refractivity contribution in [3.05, 3.63) is 99.8 Å². The van der Waals surface area contributed by atoms with Crippen LogP contribution in [-0.4, -0.2) is 0 Å². The first-order chi connectivity index (χ1) is 15.9. The summed E-state index contributed by atoms with van der Waals surface area (Å²) in [7, 11) is 0. The Bertz CT molecular complexity index is 1530. The third kappa shape index (κ3) is 2.64. The molecule has 0 unspecified atom stereocenters. The molecule has 1 nitrogen and oxygen atoms in total. The zero-order valence-corrected chi connectivity index (χ0v) is 18.0. The van der Waals surface area contributed by atoms with Crippen molar-refractivity contribution in [2.75, 3.05) is 0 Å². The number of fused-ring (bicyclic) bond motifs is 9. The maximum absolute atomic E-state index is 6.12. The number of allylic oxidation sites excluding steroid dienone is 4. The molecule has 3 aliphatic rings. The van der Waals surface area contributed by atoms with Crippen LogP contribution in [0.3, 0.4) is 0 Å². The summed E-state index contributed by atoms with van der Waals surface area (Å²) >= 11 is 0. The highest BCUT2D eigenvalue weighted by atomic mass is 16.3. The highest BCUT2D eigenvalue weighted by Gasteiger charge is 2.22. The van der Waals surface area contributed by atoms with Gasteiger partial charge >= 0.3 is 0 Å². The van der Waals surface area contributed by atoms with Crippen molar-refractivity contribution in [2.45, 2.75) is 32.1 Å². The molecule has 32 heavy (non-hydrogen) atoms. The first-order valence-corrected chi connectivity index (χ1v) is 11.7. The van der Waals surface area contributed by atoms with Gasteiger partial charge in [0.25, 0.3) is 0 Å². The molecule has 3 aromatic carbocycles. The third-order valence-electron chi connectivity index (χ3n) is 7.28. The summed E-state index contributed by atoms with van der Waals surface area (Å²) in [5.41, 5.74) is 10.9. The number of furan rings is 1. The Morgan fingerprint density at radius 2 is 1.47 bits per heavy atom. The van der Waals surface area contributed by atoms with Crippen LogP contribution in [0.2, 0.25) is 0 Å². The molecular weight excluding hydrogens is 388 g/mol. The van der Waals surface area contributed by atoms with Crippen LogP contribution >= 0.6 is 0 Å². The van der Waals surface area contributed by atoms with Crippen molar-refractivity contribution in [3.63, 3.8) is 0 Å². The summed E-state index contributed by atoms with van der Waals surface area (Å²) in [5, 5.41) is 3.99. The molecule has 1 aromatic heterocycles. The Balaban J connectivity index is 1.43. The van der Waals surface area contributed by atoms with Gasteiger partial charge < -0.3 is 4.42 Å². The fraction of sp³-hybridized carbons (Fsp3) is 0.161. The lowest BCUT2D eigenvalue weighted by Crippen LogP contribution is -2.08. The Hall–Kier alpha value is -3.58. The predicted molar refractivity (Wildman–Crippen MR) is 136 cm³/mol. The van der Waals surface area contributed by atoms with Crippen molar-refractivity contribution in [1.29, 1.82) is 0 Å². The van der Waals surface area contributed by atoms with Gasteiger partial charge in [0.05, 0.1) is 0 Å². The highest BCUT2D eigenvalue weighted by molar-refractivity contribution is 6.04. The Kier molecular flexibility index (Phi) is 3.93. The van der Waals surface area contributed by atoms with Gasteiger partial charge in [-0.1, -0.05) is 66.8 Å². The van der Waals surface area contributed by atoms with E-state index >= 15 is 0 Å². The van der Waals surface area contributed by atoms with Gasteiger partial charge in [-0.3, -0.25) is 0 Å². The van der Waals surface area contributed by atoms with E-state index in [2.05, 4.69) is 85.0 Å². The molecule has 0 fully saturated rings. The molecule has 3 aliphatic carbocycles. The molecule has 0 saturated carbocycles. The molecule has 0 spiro atoms. The molecule has 0 atom stereocenters. The Morgan fingerprint density at radius 3 is 2.41 bits per heavy atom. The van der Waals surface area contributed by atoms with E-state index in [0.717, 1.165) is 43.4 Å². The second kappa shape index (κ2) is 6.97. The van der Waals surface area contributed by atoms with Gasteiger partial charge in [-0.05, 0) is 94.5 Å². The second-order valence-electron chi connectivity index (χ2n) is 9.07. The Labute approximate surface area is 188 Å². The maximum Gasteiger partial charge on any atom is 0.135 e. The van der Waals surface area contributed by atoms with E-state index in [4.69, 9.17) is 4.42 Å². The molecule has 0 saturated heterocycles. The molecule has 4 aromatic rings. The standard InChI is InChI=1S/C31H24O/c1-2-12-27-29-19-21(15-17-31(29)32-30(27)13-3-1)20-14-16-26-24-10-5-4-8-22(24)23-9-6-7-11-25(23)28(26)18-20/h2-4,6-9,11-13,15,17-19H,1,5,10,14,16H2. The predicted octanol–water partition coefficient (Wildman–Crippen LogP) is 8.46. The normalized spacial score (nSPS) is 16.6. The lowest BCUT2D eigenvalue weighted by atomic mass is 9.78.